The third-order valence-electron chi connectivity index (χ3n) is 4.79. The Morgan fingerprint density at radius 1 is 0.750 bits per heavy atom. The van der Waals surface area contributed by atoms with Crippen LogP contribution in [0.3, 0.4) is 0 Å². The molecule has 28 heavy (non-hydrogen) atoms. The Kier molecular flexibility index (Phi) is 6.70. The van der Waals surface area contributed by atoms with E-state index in [0.29, 0.717) is 18.4 Å². The first-order valence-electron chi connectivity index (χ1n) is 9.56. The van der Waals surface area contributed by atoms with Crippen LogP contribution in [0.2, 0.25) is 0 Å². The number of allylic oxidation sites excluding steroid dienone is 1. The van der Waals surface area contributed by atoms with E-state index in [1.807, 2.05) is 42.5 Å². The van der Waals surface area contributed by atoms with E-state index in [1.165, 1.54) is 5.56 Å². The average Bonchev–Trinajstić information content (AvgIpc) is 2.69. The summed E-state index contributed by atoms with van der Waals surface area (Å²) in [7, 11) is 0. The van der Waals surface area contributed by atoms with Crippen molar-refractivity contribution >= 4 is 0 Å². The standard InChI is InChI=1S/C25H23F3/c1-2-4-18-7-11-20(12-8-18)22-15-16-23(24(26)17-22)21-13-9-19(10-14-21)5-3-6-25(27)28/h6-17H,2-5H2,1H3. The fourth-order valence-corrected chi connectivity index (χ4v) is 3.28. The fraction of sp³-hybridized carbons (Fsp3) is 0.200. The normalized spacial score (nSPS) is 10.7. The van der Waals surface area contributed by atoms with Crippen LogP contribution < -0.4 is 0 Å². The molecule has 3 rings (SSSR count). The maximum Gasteiger partial charge on any atom is 0.266 e. The van der Waals surface area contributed by atoms with E-state index in [9.17, 15) is 13.2 Å². The Balaban J connectivity index is 1.75. The van der Waals surface area contributed by atoms with Crippen LogP contribution in [-0.2, 0) is 12.8 Å². The molecule has 0 atom stereocenters. The van der Waals surface area contributed by atoms with E-state index >= 15 is 0 Å². The monoisotopic (exact) mass is 380 g/mol. The van der Waals surface area contributed by atoms with E-state index in [2.05, 4.69) is 19.1 Å². The van der Waals surface area contributed by atoms with Gasteiger partial charge in [-0.1, -0.05) is 74.0 Å². The van der Waals surface area contributed by atoms with Gasteiger partial charge < -0.3 is 0 Å². The van der Waals surface area contributed by atoms with Gasteiger partial charge in [-0.15, -0.1) is 0 Å². The van der Waals surface area contributed by atoms with Gasteiger partial charge in [-0.2, -0.15) is 8.78 Å². The minimum absolute atomic E-state index is 0.273. The van der Waals surface area contributed by atoms with E-state index < -0.39 is 6.08 Å². The molecule has 0 nitrogen and oxygen atoms in total. The molecule has 0 aliphatic heterocycles. The summed E-state index contributed by atoms with van der Waals surface area (Å²) >= 11 is 0. The van der Waals surface area contributed by atoms with Gasteiger partial charge in [0.1, 0.15) is 5.82 Å². The minimum atomic E-state index is -1.65. The van der Waals surface area contributed by atoms with Crippen molar-refractivity contribution in [3.05, 3.63) is 95.8 Å². The van der Waals surface area contributed by atoms with Crippen LogP contribution in [0.1, 0.15) is 30.9 Å². The van der Waals surface area contributed by atoms with Crippen molar-refractivity contribution in [3.63, 3.8) is 0 Å². The van der Waals surface area contributed by atoms with Crippen molar-refractivity contribution in [2.45, 2.75) is 32.6 Å². The first kappa shape index (κ1) is 19.9. The Morgan fingerprint density at radius 2 is 1.32 bits per heavy atom. The molecule has 0 fully saturated rings. The third-order valence-corrected chi connectivity index (χ3v) is 4.79. The van der Waals surface area contributed by atoms with Crippen molar-refractivity contribution in [1.29, 1.82) is 0 Å². The maximum absolute atomic E-state index is 14.7. The molecule has 0 bridgehead atoms. The number of hydrogen-bond acceptors (Lipinski definition) is 0. The third kappa shape index (κ3) is 5.13. The zero-order valence-electron chi connectivity index (χ0n) is 15.9. The van der Waals surface area contributed by atoms with Crippen LogP contribution >= 0.6 is 0 Å². The molecule has 0 aliphatic rings. The van der Waals surface area contributed by atoms with E-state index in [1.54, 1.807) is 12.1 Å². The first-order chi connectivity index (χ1) is 13.6. The lowest BCUT2D eigenvalue weighted by Crippen LogP contribution is -1.89. The maximum atomic E-state index is 14.7. The highest BCUT2D eigenvalue weighted by Crippen LogP contribution is 2.28. The van der Waals surface area contributed by atoms with Crippen LogP contribution in [-0.4, -0.2) is 0 Å². The van der Waals surface area contributed by atoms with Gasteiger partial charge in [-0.3, -0.25) is 0 Å². The quantitative estimate of drug-likeness (QED) is 0.392. The molecule has 0 heterocycles. The van der Waals surface area contributed by atoms with Crippen LogP contribution in [0.5, 0.6) is 0 Å². The van der Waals surface area contributed by atoms with Gasteiger partial charge in [0, 0.05) is 5.56 Å². The highest BCUT2D eigenvalue weighted by atomic mass is 19.3. The lowest BCUT2D eigenvalue weighted by molar-refractivity contribution is 0.417. The number of rotatable bonds is 7. The Morgan fingerprint density at radius 3 is 1.89 bits per heavy atom. The molecule has 0 aliphatic carbocycles. The second-order valence-corrected chi connectivity index (χ2v) is 6.87. The minimum Gasteiger partial charge on any atom is -0.206 e. The molecule has 144 valence electrons. The summed E-state index contributed by atoms with van der Waals surface area (Å²) in [5, 5.41) is 0. The zero-order valence-corrected chi connectivity index (χ0v) is 15.9. The second-order valence-electron chi connectivity index (χ2n) is 6.87. The molecule has 0 spiro atoms. The van der Waals surface area contributed by atoms with Gasteiger partial charge in [0.25, 0.3) is 6.08 Å². The smallest absolute Gasteiger partial charge is 0.206 e. The molecule has 0 amide bonds. The molecule has 3 heteroatoms. The van der Waals surface area contributed by atoms with Crippen LogP contribution in [0.25, 0.3) is 22.3 Å². The van der Waals surface area contributed by atoms with Crippen LogP contribution in [0.15, 0.2) is 78.9 Å². The first-order valence-corrected chi connectivity index (χ1v) is 9.56. The molecule has 3 aromatic carbocycles. The van der Waals surface area contributed by atoms with Gasteiger partial charge in [0.15, 0.2) is 0 Å². The summed E-state index contributed by atoms with van der Waals surface area (Å²) in [6, 6.07) is 20.9. The van der Waals surface area contributed by atoms with Gasteiger partial charge >= 0.3 is 0 Å². The van der Waals surface area contributed by atoms with Crippen molar-refractivity contribution < 1.29 is 13.2 Å². The molecule has 0 saturated heterocycles. The van der Waals surface area contributed by atoms with Gasteiger partial charge in [0.05, 0.1) is 0 Å². The Hall–Kier alpha value is -2.81. The molecule has 0 unspecified atom stereocenters. The van der Waals surface area contributed by atoms with Crippen molar-refractivity contribution in [3.8, 4) is 22.3 Å². The highest BCUT2D eigenvalue weighted by Gasteiger charge is 2.08. The van der Waals surface area contributed by atoms with Gasteiger partial charge in [0.2, 0.25) is 0 Å². The van der Waals surface area contributed by atoms with Gasteiger partial charge in [-0.25, -0.2) is 4.39 Å². The van der Waals surface area contributed by atoms with Crippen LogP contribution in [0, 0.1) is 5.82 Å². The summed E-state index contributed by atoms with van der Waals surface area (Å²) in [5.74, 6) is -0.273. The fourth-order valence-electron chi connectivity index (χ4n) is 3.28. The summed E-state index contributed by atoms with van der Waals surface area (Å²) in [4.78, 5) is 0. The van der Waals surface area contributed by atoms with Crippen molar-refractivity contribution in [2.75, 3.05) is 0 Å². The predicted molar refractivity (Wildman–Crippen MR) is 110 cm³/mol. The van der Waals surface area contributed by atoms with Crippen LogP contribution in [0.4, 0.5) is 13.2 Å². The second kappa shape index (κ2) is 9.41. The molecular formula is C25H23F3. The van der Waals surface area contributed by atoms with E-state index in [0.717, 1.165) is 41.2 Å². The number of aryl methyl sites for hydroxylation is 2. The number of benzene rings is 3. The largest absolute Gasteiger partial charge is 0.266 e. The summed E-state index contributed by atoms with van der Waals surface area (Å²) in [5.41, 5.74) is 5.39. The zero-order chi connectivity index (χ0) is 19.9. The Bertz CT molecular complexity index is 935. The molecule has 0 saturated carbocycles. The predicted octanol–water partition coefficient (Wildman–Crippen LogP) is 7.83. The van der Waals surface area contributed by atoms with Gasteiger partial charge in [-0.05, 0) is 59.2 Å². The highest BCUT2D eigenvalue weighted by molar-refractivity contribution is 5.71. The average molecular weight is 380 g/mol. The lowest BCUT2D eigenvalue weighted by atomic mass is 9.97. The SMILES string of the molecule is CCCc1ccc(-c2ccc(-c3ccc(CCC=C(F)F)cc3)c(F)c2)cc1. The molecular weight excluding hydrogens is 357 g/mol. The molecule has 0 aromatic heterocycles. The lowest BCUT2D eigenvalue weighted by Gasteiger charge is -2.09. The summed E-state index contributed by atoms with van der Waals surface area (Å²) < 4.78 is 38.9. The number of hydrogen-bond donors (Lipinski definition) is 0. The Labute approximate surface area is 164 Å². The van der Waals surface area contributed by atoms with E-state index in [-0.39, 0.29) is 5.82 Å². The summed E-state index contributed by atoms with van der Waals surface area (Å²) in [6.07, 6.45) is 2.24. The van der Waals surface area contributed by atoms with Crippen molar-refractivity contribution in [2.24, 2.45) is 0 Å². The molecule has 3 aromatic rings. The summed E-state index contributed by atoms with van der Waals surface area (Å²) in [6.45, 7) is 2.15. The number of halogens is 3. The van der Waals surface area contributed by atoms with E-state index in [4.69, 9.17) is 0 Å². The molecule has 0 N–H and O–H groups in total. The molecule has 0 radical (unpaired) electrons. The van der Waals surface area contributed by atoms with Crippen molar-refractivity contribution in [1.82, 2.24) is 0 Å². The topological polar surface area (TPSA) is 0 Å².